The average molecular weight is 336 g/mol. The summed E-state index contributed by atoms with van der Waals surface area (Å²) in [6.45, 7) is 14.0. The van der Waals surface area contributed by atoms with Gasteiger partial charge in [0.05, 0.1) is 12.2 Å². The van der Waals surface area contributed by atoms with Gasteiger partial charge in [-0.3, -0.25) is 4.90 Å². The van der Waals surface area contributed by atoms with Crippen LogP contribution in [-0.2, 0) is 11.0 Å². The van der Waals surface area contributed by atoms with E-state index in [2.05, 4.69) is 69.1 Å². The molecule has 0 aliphatic carbocycles. The van der Waals surface area contributed by atoms with E-state index in [1.54, 1.807) is 0 Å². The van der Waals surface area contributed by atoms with Crippen molar-refractivity contribution < 1.29 is 9.53 Å². The van der Waals surface area contributed by atoms with Crippen molar-refractivity contribution in [3.63, 3.8) is 0 Å². The SMILES string of the molecule is C[SiH](C)OC(C1CN(Cc2ccccc2)CCC1O)C(C)(C)C. The van der Waals surface area contributed by atoms with E-state index in [-0.39, 0.29) is 23.5 Å². The number of benzene rings is 1. The summed E-state index contributed by atoms with van der Waals surface area (Å²) in [5, 5.41) is 10.6. The molecule has 0 aromatic heterocycles. The lowest BCUT2D eigenvalue weighted by Gasteiger charge is -2.45. The Kier molecular flexibility index (Phi) is 6.43. The zero-order valence-corrected chi connectivity index (χ0v) is 16.5. The first-order chi connectivity index (χ1) is 10.8. The highest BCUT2D eigenvalue weighted by atomic mass is 28.3. The summed E-state index contributed by atoms with van der Waals surface area (Å²) in [7, 11) is -1.14. The molecule has 1 aliphatic heterocycles. The molecule has 0 amide bonds. The number of aliphatic hydroxyl groups is 1. The van der Waals surface area contributed by atoms with E-state index < -0.39 is 9.04 Å². The van der Waals surface area contributed by atoms with Gasteiger partial charge in [-0.1, -0.05) is 51.1 Å². The highest BCUT2D eigenvalue weighted by Gasteiger charge is 2.40. The molecule has 1 aromatic carbocycles. The van der Waals surface area contributed by atoms with Gasteiger partial charge in [-0.25, -0.2) is 0 Å². The van der Waals surface area contributed by atoms with Gasteiger partial charge < -0.3 is 9.53 Å². The van der Waals surface area contributed by atoms with Crippen molar-refractivity contribution in [1.29, 1.82) is 0 Å². The van der Waals surface area contributed by atoms with Crippen LogP contribution in [0.1, 0.15) is 32.8 Å². The van der Waals surface area contributed by atoms with Gasteiger partial charge in [0.1, 0.15) is 0 Å². The molecular weight excluding hydrogens is 302 g/mol. The van der Waals surface area contributed by atoms with Gasteiger partial charge in [0.15, 0.2) is 9.04 Å². The Morgan fingerprint density at radius 3 is 2.48 bits per heavy atom. The van der Waals surface area contributed by atoms with Crippen LogP contribution >= 0.6 is 0 Å². The Morgan fingerprint density at radius 1 is 1.26 bits per heavy atom. The summed E-state index contributed by atoms with van der Waals surface area (Å²) >= 11 is 0. The van der Waals surface area contributed by atoms with Crippen molar-refractivity contribution in [2.24, 2.45) is 11.3 Å². The summed E-state index contributed by atoms with van der Waals surface area (Å²) < 4.78 is 6.38. The zero-order valence-electron chi connectivity index (χ0n) is 15.3. The fraction of sp³-hybridized carbons (Fsp3) is 0.684. The van der Waals surface area contributed by atoms with Gasteiger partial charge in [0.2, 0.25) is 0 Å². The second-order valence-electron chi connectivity index (χ2n) is 8.21. The molecule has 4 heteroatoms. The molecule has 130 valence electrons. The van der Waals surface area contributed by atoms with Crippen molar-refractivity contribution >= 4 is 9.04 Å². The van der Waals surface area contributed by atoms with E-state index in [4.69, 9.17) is 4.43 Å². The maximum absolute atomic E-state index is 10.6. The Bertz CT molecular complexity index is 472. The summed E-state index contributed by atoms with van der Waals surface area (Å²) in [6.07, 6.45) is 0.717. The first-order valence-electron chi connectivity index (χ1n) is 8.87. The number of likely N-dealkylation sites (tertiary alicyclic amines) is 1. The second-order valence-corrected chi connectivity index (χ2v) is 10.6. The minimum atomic E-state index is -1.14. The Labute approximate surface area is 143 Å². The van der Waals surface area contributed by atoms with Gasteiger partial charge in [-0.05, 0) is 30.5 Å². The Morgan fingerprint density at radius 2 is 1.91 bits per heavy atom. The lowest BCUT2D eigenvalue weighted by Crippen LogP contribution is -2.53. The first kappa shape index (κ1) is 18.7. The van der Waals surface area contributed by atoms with Crippen LogP contribution in [0.25, 0.3) is 0 Å². The summed E-state index contributed by atoms with van der Waals surface area (Å²) in [4.78, 5) is 2.47. The predicted octanol–water partition coefficient (Wildman–Crippen LogP) is 3.28. The van der Waals surface area contributed by atoms with E-state index in [9.17, 15) is 5.11 Å². The minimum absolute atomic E-state index is 0.0542. The fourth-order valence-electron chi connectivity index (χ4n) is 3.56. The normalized spacial score (nSPS) is 24.8. The van der Waals surface area contributed by atoms with Crippen molar-refractivity contribution in [2.45, 2.75) is 59.0 Å². The highest BCUT2D eigenvalue weighted by molar-refractivity contribution is 6.48. The number of nitrogens with zero attached hydrogens (tertiary/aromatic N) is 1. The van der Waals surface area contributed by atoms with Gasteiger partial charge >= 0.3 is 0 Å². The lowest BCUT2D eigenvalue weighted by atomic mass is 9.76. The minimum Gasteiger partial charge on any atom is -0.417 e. The molecule has 1 saturated heterocycles. The van der Waals surface area contributed by atoms with Crippen LogP contribution in [-0.4, -0.2) is 44.3 Å². The smallest absolute Gasteiger partial charge is 0.171 e. The van der Waals surface area contributed by atoms with E-state index in [1.165, 1.54) is 5.56 Å². The molecule has 1 heterocycles. The molecule has 1 fully saturated rings. The summed E-state index contributed by atoms with van der Waals surface area (Å²) in [5.74, 6) is 0.197. The summed E-state index contributed by atoms with van der Waals surface area (Å²) in [6, 6.07) is 10.6. The maximum atomic E-state index is 10.6. The molecule has 0 saturated carbocycles. The van der Waals surface area contributed by atoms with Crippen molar-refractivity contribution in [1.82, 2.24) is 4.90 Å². The van der Waals surface area contributed by atoms with Gasteiger partial charge in [0.25, 0.3) is 0 Å². The average Bonchev–Trinajstić information content (AvgIpc) is 2.47. The standard InChI is InChI=1S/C19H33NO2Si/c1-19(2,3)18(22-23(4)5)16-14-20(12-11-17(16)21)13-15-9-7-6-8-10-15/h6-10,16-18,21,23H,11-14H2,1-5H3. The number of piperidine rings is 1. The first-order valence-corrected chi connectivity index (χ1v) is 11.6. The van der Waals surface area contributed by atoms with E-state index >= 15 is 0 Å². The molecule has 1 aromatic rings. The van der Waals surface area contributed by atoms with Crippen LogP contribution in [0, 0.1) is 11.3 Å². The lowest BCUT2D eigenvalue weighted by molar-refractivity contribution is -0.0686. The third-order valence-corrected chi connectivity index (χ3v) is 5.45. The Hall–Kier alpha value is -0.683. The second kappa shape index (κ2) is 7.93. The highest BCUT2D eigenvalue weighted by Crippen LogP contribution is 2.34. The number of hydrogen-bond donors (Lipinski definition) is 1. The van der Waals surface area contributed by atoms with E-state index in [1.807, 2.05) is 0 Å². The van der Waals surface area contributed by atoms with Crippen LogP contribution in [0.3, 0.4) is 0 Å². The molecule has 23 heavy (non-hydrogen) atoms. The van der Waals surface area contributed by atoms with Crippen LogP contribution in [0.2, 0.25) is 13.1 Å². The van der Waals surface area contributed by atoms with Crippen molar-refractivity contribution in [3.05, 3.63) is 35.9 Å². The fourth-order valence-corrected chi connectivity index (χ4v) is 4.76. The third-order valence-electron chi connectivity index (χ3n) is 4.61. The molecule has 2 rings (SSSR count). The topological polar surface area (TPSA) is 32.7 Å². The van der Waals surface area contributed by atoms with Gasteiger partial charge in [-0.2, -0.15) is 0 Å². The molecule has 0 bridgehead atoms. The zero-order chi connectivity index (χ0) is 17.0. The van der Waals surface area contributed by atoms with Crippen LogP contribution in [0.15, 0.2) is 30.3 Å². The molecule has 1 N–H and O–H groups in total. The van der Waals surface area contributed by atoms with Crippen molar-refractivity contribution in [2.75, 3.05) is 13.1 Å². The van der Waals surface area contributed by atoms with Crippen molar-refractivity contribution in [3.8, 4) is 0 Å². The third kappa shape index (κ3) is 5.42. The maximum Gasteiger partial charge on any atom is 0.171 e. The molecule has 0 spiro atoms. The van der Waals surface area contributed by atoms with Crippen LogP contribution in [0.4, 0.5) is 0 Å². The van der Waals surface area contributed by atoms with Crippen LogP contribution in [0.5, 0.6) is 0 Å². The van der Waals surface area contributed by atoms with E-state index in [0.29, 0.717) is 0 Å². The molecule has 3 unspecified atom stereocenters. The molecule has 1 aliphatic rings. The Balaban J connectivity index is 2.09. The predicted molar refractivity (Wildman–Crippen MR) is 99.0 cm³/mol. The molecule has 0 radical (unpaired) electrons. The molecular formula is C19H33NO2Si. The van der Waals surface area contributed by atoms with Gasteiger partial charge in [-0.15, -0.1) is 0 Å². The number of aliphatic hydroxyl groups excluding tert-OH is 1. The van der Waals surface area contributed by atoms with Crippen LogP contribution < -0.4 is 0 Å². The molecule has 3 atom stereocenters. The quantitative estimate of drug-likeness (QED) is 0.838. The van der Waals surface area contributed by atoms with E-state index in [0.717, 1.165) is 26.1 Å². The molecule has 3 nitrogen and oxygen atoms in total. The monoisotopic (exact) mass is 335 g/mol. The largest absolute Gasteiger partial charge is 0.417 e. The van der Waals surface area contributed by atoms with Gasteiger partial charge in [0, 0.05) is 25.6 Å². The number of hydrogen-bond acceptors (Lipinski definition) is 3. The number of rotatable bonds is 5. The summed E-state index contributed by atoms with van der Waals surface area (Å²) in [5.41, 5.74) is 1.40.